The van der Waals surface area contributed by atoms with Crippen molar-refractivity contribution in [2.45, 2.75) is 13.3 Å². The molecule has 0 bridgehead atoms. The van der Waals surface area contributed by atoms with E-state index in [9.17, 15) is 0 Å². The van der Waals surface area contributed by atoms with E-state index in [4.69, 9.17) is 16.9 Å². The van der Waals surface area contributed by atoms with Gasteiger partial charge in [0.25, 0.3) is 0 Å². The normalized spacial score (nSPS) is 10.2. The van der Waals surface area contributed by atoms with Gasteiger partial charge in [0.15, 0.2) is 0 Å². The zero-order valence-corrected chi connectivity index (χ0v) is 9.38. The molecule has 0 aromatic heterocycles. The van der Waals surface area contributed by atoms with Crippen molar-refractivity contribution in [2.24, 2.45) is 0 Å². The topological polar surface area (TPSA) is 35.8 Å². The molecule has 78 valence electrons. The average Bonchev–Trinajstić information content (AvgIpc) is 2.25. The number of halogens is 1. The molecule has 0 spiro atoms. The van der Waals surface area contributed by atoms with Gasteiger partial charge in [0, 0.05) is 11.6 Å². The summed E-state index contributed by atoms with van der Waals surface area (Å²) in [4.78, 5) is 0. The maximum absolute atomic E-state index is 8.86. The van der Waals surface area contributed by atoms with Crippen molar-refractivity contribution < 1.29 is 0 Å². The van der Waals surface area contributed by atoms with Crippen molar-refractivity contribution >= 4 is 17.3 Å². The monoisotopic (exact) mass is 220 g/mol. The molecule has 1 N–H and O–H groups in total. The molecule has 0 radical (unpaired) electrons. The van der Waals surface area contributed by atoms with Gasteiger partial charge in [-0.25, -0.2) is 0 Å². The fraction of sp³-hybridized carbons (Fsp3) is 0.250. The first kappa shape index (κ1) is 11.6. The molecule has 1 aromatic carbocycles. The second-order valence-corrected chi connectivity index (χ2v) is 3.52. The third-order valence-corrected chi connectivity index (χ3v) is 2.20. The van der Waals surface area contributed by atoms with Gasteiger partial charge in [-0.1, -0.05) is 23.8 Å². The van der Waals surface area contributed by atoms with Crippen LogP contribution in [-0.4, -0.2) is 6.54 Å². The van der Waals surface area contributed by atoms with Crippen molar-refractivity contribution in [3.8, 4) is 6.07 Å². The quantitative estimate of drug-likeness (QED) is 0.622. The van der Waals surface area contributed by atoms with Crippen molar-refractivity contribution in [3.63, 3.8) is 0 Å². The molecule has 0 saturated carbocycles. The molecule has 15 heavy (non-hydrogen) atoms. The predicted octanol–water partition coefficient (Wildman–Crippen LogP) is 3.59. The molecule has 0 atom stereocenters. The van der Waals surface area contributed by atoms with Crippen LogP contribution in [0.1, 0.15) is 18.9 Å². The van der Waals surface area contributed by atoms with E-state index >= 15 is 0 Å². The zero-order chi connectivity index (χ0) is 11.1. The predicted molar refractivity (Wildman–Crippen MR) is 64.1 cm³/mol. The number of allylic oxidation sites excluding steroid dienone is 1. The van der Waals surface area contributed by atoms with E-state index < -0.39 is 0 Å². The summed E-state index contributed by atoms with van der Waals surface area (Å²) < 4.78 is 0. The average molecular weight is 221 g/mol. The Labute approximate surface area is 95.2 Å². The Bertz CT molecular complexity index is 391. The van der Waals surface area contributed by atoms with Gasteiger partial charge in [-0.05, 0) is 31.5 Å². The highest BCUT2D eigenvalue weighted by molar-refractivity contribution is 6.30. The van der Waals surface area contributed by atoms with Gasteiger partial charge < -0.3 is 5.32 Å². The first-order valence-corrected chi connectivity index (χ1v) is 5.20. The van der Waals surface area contributed by atoms with Crippen LogP contribution in [0.5, 0.6) is 0 Å². The first-order chi connectivity index (χ1) is 7.27. The lowest BCUT2D eigenvalue weighted by Gasteiger charge is -2.06. The maximum Gasteiger partial charge on any atom is 0.101 e. The summed E-state index contributed by atoms with van der Waals surface area (Å²) in [7, 11) is 0. The Morgan fingerprint density at radius 3 is 3.00 bits per heavy atom. The van der Waals surface area contributed by atoms with Crippen LogP contribution < -0.4 is 5.32 Å². The molecule has 0 amide bonds. The molecule has 0 unspecified atom stereocenters. The Morgan fingerprint density at radius 2 is 2.33 bits per heavy atom. The lowest BCUT2D eigenvalue weighted by atomic mass is 10.2. The van der Waals surface area contributed by atoms with Crippen LogP contribution in [0, 0.1) is 11.3 Å². The van der Waals surface area contributed by atoms with Crippen LogP contribution in [0.25, 0.3) is 0 Å². The molecule has 0 fully saturated rings. The summed E-state index contributed by atoms with van der Waals surface area (Å²) in [5.74, 6) is 0. The summed E-state index contributed by atoms with van der Waals surface area (Å²) in [6.45, 7) is 2.79. The lowest BCUT2D eigenvalue weighted by Crippen LogP contribution is -2.01. The van der Waals surface area contributed by atoms with E-state index in [1.165, 1.54) is 0 Å². The van der Waals surface area contributed by atoms with E-state index in [0.29, 0.717) is 10.6 Å². The molecule has 0 aliphatic heterocycles. The Balaban J connectivity index is 2.67. The van der Waals surface area contributed by atoms with Gasteiger partial charge in [-0.3, -0.25) is 0 Å². The fourth-order valence-electron chi connectivity index (χ4n) is 1.22. The SMILES string of the molecule is C/C=C/CCNc1cc(Cl)ccc1C#N. The van der Waals surface area contributed by atoms with E-state index in [1.54, 1.807) is 18.2 Å². The Kier molecular flexibility index (Phi) is 4.73. The zero-order valence-electron chi connectivity index (χ0n) is 8.63. The van der Waals surface area contributed by atoms with Crippen molar-refractivity contribution in [3.05, 3.63) is 40.9 Å². The van der Waals surface area contributed by atoms with Gasteiger partial charge in [0.05, 0.1) is 11.3 Å². The third kappa shape index (κ3) is 3.65. The van der Waals surface area contributed by atoms with Crippen LogP contribution in [0.3, 0.4) is 0 Å². The molecule has 2 nitrogen and oxygen atoms in total. The van der Waals surface area contributed by atoms with Crippen molar-refractivity contribution in [1.29, 1.82) is 5.26 Å². The minimum atomic E-state index is 0.625. The van der Waals surface area contributed by atoms with E-state index in [2.05, 4.69) is 17.5 Å². The van der Waals surface area contributed by atoms with Crippen LogP contribution in [0.4, 0.5) is 5.69 Å². The number of benzene rings is 1. The van der Waals surface area contributed by atoms with Crippen LogP contribution in [-0.2, 0) is 0 Å². The number of nitrogens with one attached hydrogen (secondary N) is 1. The number of hydrogen-bond acceptors (Lipinski definition) is 2. The van der Waals surface area contributed by atoms with Crippen molar-refractivity contribution in [2.75, 3.05) is 11.9 Å². The molecule has 0 aliphatic carbocycles. The minimum absolute atomic E-state index is 0.625. The molecule has 3 heteroatoms. The molecule has 0 saturated heterocycles. The highest BCUT2D eigenvalue weighted by Crippen LogP contribution is 2.20. The molecular weight excluding hydrogens is 208 g/mol. The summed E-state index contributed by atoms with van der Waals surface area (Å²) in [5.41, 5.74) is 1.43. The smallest absolute Gasteiger partial charge is 0.101 e. The molecule has 0 heterocycles. The van der Waals surface area contributed by atoms with Gasteiger partial charge >= 0.3 is 0 Å². The molecule has 1 aromatic rings. The Hall–Kier alpha value is -1.46. The van der Waals surface area contributed by atoms with Gasteiger partial charge in [0.1, 0.15) is 6.07 Å². The van der Waals surface area contributed by atoms with E-state index in [1.807, 2.05) is 13.0 Å². The number of anilines is 1. The summed E-state index contributed by atoms with van der Waals surface area (Å²) >= 11 is 5.85. The molecular formula is C12H13ClN2. The second kappa shape index (κ2) is 6.10. The molecule has 1 rings (SSSR count). The van der Waals surface area contributed by atoms with Gasteiger partial charge in [-0.15, -0.1) is 0 Å². The van der Waals surface area contributed by atoms with E-state index in [0.717, 1.165) is 18.7 Å². The summed E-state index contributed by atoms with van der Waals surface area (Å²) in [5, 5.41) is 12.7. The maximum atomic E-state index is 8.86. The number of hydrogen-bond donors (Lipinski definition) is 1. The van der Waals surface area contributed by atoms with E-state index in [-0.39, 0.29) is 0 Å². The number of nitrogens with zero attached hydrogens (tertiary/aromatic N) is 1. The Morgan fingerprint density at radius 1 is 1.53 bits per heavy atom. The number of rotatable bonds is 4. The summed E-state index contributed by atoms with van der Waals surface area (Å²) in [6.07, 6.45) is 5.02. The largest absolute Gasteiger partial charge is 0.384 e. The highest BCUT2D eigenvalue weighted by Gasteiger charge is 2.01. The van der Waals surface area contributed by atoms with Gasteiger partial charge in [-0.2, -0.15) is 5.26 Å². The molecule has 0 aliphatic rings. The second-order valence-electron chi connectivity index (χ2n) is 3.09. The minimum Gasteiger partial charge on any atom is -0.384 e. The standard InChI is InChI=1S/C12H13ClN2/c1-2-3-4-7-15-12-8-11(13)6-5-10(12)9-14/h2-3,5-6,8,15H,4,7H2,1H3/b3-2+. The van der Waals surface area contributed by atoms with Crippen LogP contribution in [0.15, 0.2) is 30.4 Å². The highest BCUT2D eigenvalue weighted by atomic mass is 35.5. The first-order valence-electron chi connectivity index (χ1n) is 4.82. The van der Waals surface area contributed by atoms with Gasteiger partial charge in [0.2, 0.25) is 0 Å². The lowest BCUT2D eigenvalue weighted by molar-refractivity contribution is 1.06. The van der Waals surface area contributed by atoms with Crippen LogP contribution >= 0.6 is 11.6 Å². The third-order valence-electron chi connectivity index (χ3n) is 1.96. The fourth-order valence-corrected chi connectivity index (χ4v) is 1.39. The van der Waals surface area contributed by atoms with Crippen molar-refractivity contribution in [1.82, 2.24) is 0 Å². The summed E-state index contributed by atoms with van der Waals surface area (Å²) in [6, 6.07) is 7.34. The van der Waals surface area contributed by atoms with Crippen LogP contribution in [0.2, 0.25) is 5.02 Å². The number of nitriles is 1.